The number of thioether (sulfide) groups is 1. The second-order valence-electron chi connectivity index (χ2n) is 9.70. The fourth-order valence-electron chi connectivity index (χ4n) is 4.92. The van der Waals surface area contributed by atoms with Crippen molar-refractivity contribution in [1.82, 2.24) is 14.9 Å². The van der Waals surface area contributed by atoms with Crippen molar-refractivity contribution >= 4 is 29.2 Å². The number of likely N-dealkylation sites (tertiary alicyclic amines) is 1. The van der Waals surface area contributed by atoms with E-state index in [4.69, 9.17) is 14.7 Å². The van der Waals surface area contributed by atoms with Gasteiger partial charge >= 0.3 is 0 Å². The van der Waals surface area contributed by atoms with Crippen LogP contribution in [0.15, 0.2) is 53.7 Å². The van der Waals surface area contributed by atoms with Crippen molar-refractivity contribution in [3.05, 3.63) is 70.9 Å². The standard InChI is InChI=1S/C29H35N5O2S/c1-21-22(2)30-29(37-20-23-6-8-24(9-7-23)28(35)34-14-4-5-15-34)31-27(21)33-18-16-32(17-19-33)25-10-12-26(36-3)13-11-25/h6-13H,4-5,14-20H2,1-3H3. The van der Waals surface area contributed by atoms with E-state index in [1.807, 2.05) is 29.2 Å². The Hall–Kier alpha value is -3.26. The Kier molecular flexibility index (Phi) is 7.84. The lowest BCUT2D eigenvalue weighted by atomic mass is 10.1. The van der Waals surface area contributed by atoms with Crippen LogP contribution in [0.1, 0.15) is 40.0 Å². The molecule has 0 saturated carbocycles. The van der Waals surface area contributed by atoms with Gasteiger partial charge in [0.2, 0.25) is 0 Å². The molecule has 7 nitrogen and oxygen atoms in total. The monoisotopic (exact) mass is 517 g/mol. The Balaban J connectivity index is 1.21. The number of aromatic nitrogens is 2. The number of carbonyl (C=O) groups excluding carboxylic acids is 1. The first-order valence-corrected chi connectivity index (χ1v) is 14.0. The Morgan fingerprint density at radius 2 is 1.51 bits per heavy atom. The van der Waals surface area contributed by atoms with Crippen molar-refractivity contribution in [2.45, 2.75) is 37.6 Å². The van der Waals surface area contributed by atoms with Crippen molar-refractivity contribution < 1.29 is 9.53 Å². The molecule has 2 aromatic carbocycles. The zero-order valence-electron chi connectivity index (χ0n) is 21.9. The molecule has 1 aromatic heterocycles. The first-order chi connectivity index (χ1) is 18.0. The highest BCUT2D eigenvalue weighted by molar-refractivity contribution is 7.98. The van der Waals surface area contributed by atoms with Crippen LogP contribution in [-0.2, 0) is 5.75 Å². The highest BCUT2D eigenvalue weighted by atomic mass is 32.2. The first kappa shape index (κ1) is 25.4. The molecule has 194 valence electrons. The van der Waals surface area contributed by atoms with Crippen molar-refractivity contribution in [1.29, 1.82) is 0 Å². The fraction of sp³-hybridized carbons (Fsp3) is 0.414. The smallest absolute Gasteiger partial charge is 0.253 e. The Morgan fingerprint density at radius 1 is 0.865 bits per heavy atom. The summed E-state index contributed by atoms with van der Waals surface area (Å²) in [6.07, 6.45) is 2.22. The molecule has 3 aromatic rings. The number of nitrogens with zero attached hydrogens (tertiary/aromatic N) is 5. The van der Waals surface area contributed by atoms with E-state index in [-0.39, 0.29) is 5.91 Å². The predicted octanol–water partition coefficient (Wildman–Crippen LogP) is 4.96. The summed E-state index contributed by atoms with van der Waals surface area (Å²) < 4.78 is 5.29. The Bertz CT molecular complexity index is 1220. The van der Waals surface area contributed by atoms with Gasteiger partial charge in [0.25, 0.3) is 5.91 Å². The van der Waals surface area contributed by atoms with Crippen LogP contribution in [-0.4, -0.2) is 67.2 Å². The quantitative estimate of drug-likeness (QED) is 0.324. The molecule has 37 heavy (non-hydrogen) atoms. The molecule has 0 atom stereocenters. The molecule has 0 bridgehead atoms. The third-order valence-corrected chi connectivity index (χ3v) is 8.24. The van der Waals surface area contributed by atoms with E-state index < -0.39 is 0 Å². The highest BCUT2D eigenvalue weighted by Crippen LogP contribution is 2.28. The van der Waals surface area contributed by atoms with Crippen LogP contribution in [0, 0.1) is 13.8 Å². The minimum Gasteiger partial charge on any atom is -0.497 e. The van der Waals surface area contributed by atoms with Crippen LogP contribution >= 0.6 is 11.8 Å². The van der Waals surface area contributed by atoms with E-state index in [2.05, 4.69) is 47.9 Å². The maximum atomic E-state index is 12.6. The third-order valence-electron chi connectivity index (χ3n) is 7.32. The largest absolute Gasteiger partial charge is 0.497 e. The molecule has 1 amide bonds. The number of benzene rings is 2. The van der Waals surface area contributed by atoms with E-state index in [0.717, 1.165) is 91.4 Å². The summed E-state index contributed by atoms with van der Waals surface area (Å²) in [7, 11) is 1.69. The van der Waals surface area contributed by atoms with Crippen LogP contribution in [0.5, 0.6) is 5.75 Å². The molecule has 0 radical (unpaired) electrons. The van der Waals surface area contributed by atoms with Gasteiger partial charge in [-0.25, -0.2) is 9.97 Å². The van der Waals surface area contributed by atoms with E-state index >= 15 is 0 Å². The normalized spacial score (nSPS) is 15.8. The number of methoxy groups -OCH3 is 1. The molecule has 0 unspecified atom stereocenters. The van der Waals surface area contributed by atoms with Gasteiger partial charge in [-0.3, -0.25) is 4.79 Å². The SMILES string of the molecule is COc1ccc(N2CCN(c3nc(SCc4ccc(C(=O)N5CCCC5)cc4)nc(C)c3C)CC2)cc1. The topological polar surface area (TPSA) is 61.8 Å². The number of hydrogen-bond donors (Lipinski definition) is 0. The van der Waals surface area contributed by atoms with Gasteiger partial charge in [0.05, 0.1) is 7.11 Å². The van der Waals surface area contributed by atoms with Crippen LogP contribution in [0.4, 0.5) is 11.5 Å². The van der Waals surface area contributed by atoms with Gasteiger partial charge in [-0.05, 0) is 68.7 Å². The summed E-state index contributed by atoms with van der Waals surface area (Å²) in [5.41, 5.74) is 5.33. The summed E-state index contributed by atoms with van der Waals surface area (Å²) in [5.74, 6) is 2.83. The second-order valence-corrected chi connectivity index (χ2v) is 10.6. The fourth-order valence-corrected chi connectivity index (χ4v) is 5.77. The van der Waals surface area contributed by atoms with E-state index in [1.165, 1.54) is 11.3 Å². The average Bonchev–Trinajstić information content (AvgIpc) is 3.49. The van der Waals surface area contributed by atoms with Crippen LogP contribution in [0.2, 0.25) is 0 Å². The molecule has 2 aliphatic heterocycles. The summed E-state index contributed by atoms with van der Waals surface area (Å²) >= 11 is 1.65. The van der Waals surface area contributed by atoms with Crippen LogP contribution in [0.25, 0.3) is 0 Å². The molecule has 2 aliphatic rings. The summed E-state index contributed by atoms with van der Waals surface area (Å²) in [6, 6.07) is 16.3. The Morgan fingerprint density at radius 3 is 2.16 bits per heavy atom. The second kappa shape index (κ2) is 11.4. The molecule has 8 heteroatoms. The molecule has 5 rings (SSSR count). The molecule has 2 saturated heterocycles. The van der Waals surface area contributed by atoms with Gasteiger partial charge in [0.1, 0.15) is 11.6 Å². The van der Waals surface area contributed by atoms with Crippen molar-refractivity contribution in [3.8, 4) is 5.75 Å². The minimum atomic E-state index is 0.144. The summed E-state index contributed by atoms with van der Waals surface area (Å²) in [5, 5.41) is 0.799. The van der Waals surface area contributed by atoms with E-state index in [0.29, 0.717) is 0 Å². The van der Waals surface area contributed by atoms with Crippen molar-refractivity contribution in [3.63, 3.8) is 0 Å². The van der Waals surface area contributed by atoms with Crippen LogP contribution < -0.4 is 14.5 Å². The van der Waals surface area contributed by atoms with Gasteiger partial charge in [-0.2, -0.15) is 0 Å². The lowest BCUT2D eigenvalue weighted by Gasteiger charge is -2.37. The number of carbonyl (C=O) groups is 1. The number of piperazine rings is 1. The van der Waals surface area contributed by atoms with Gasteiger partial charge in [0, 0.05) is 67.5 Å². The summed E-state index contributed by atoms with van der Waals surface area (Å²) in [4.78, 5) is 29.1. The molecular formula is C29H35N5O2S. The van der Waals surface area contributed by atoms with E-state index in [9.17, 15) is 4.79 Å². The predicted molar refractivity (Wildman–Crippen MR) is 150 cm³/mol. The van der Waals surface area contributed by atoms with E-state index in [1.54, 1.807) is 18.9 Å². The van der Waals surface area contributed by atoms with Gasteiger partial charge in [-0.1, -0.05) is 23.9 Å². The number of anilines is 2. The average molecular weight is 518 g/mol. The maximum Gasteiger partial charge on any atom is 0.253 e. The lowest BCUT2D eigenvalue weighted by Crippen LogP contribution is -2.47. The van der Waals surface area contributed by atoms with Gasteiger partial charge < -0.3 is 19.4 Å². The Labute approximate surface area is 223 Å². The highest BCUT2D eigenvalue weighted by Gasteiger charge is 2.22. The van der Waals surface area contributed by atoms with Gasteiger partial charge in [0.15, 0.2) is 5.16 Å². The van der Waals surface area contributed by atoms with Crippen LogP contribution in [0.3, 0.4) is 0 Å². The molecule has 0 spiro atoms. The number of rotatable bonds is 7. The molecule has 0 N–H and O–H groups in total. The van der Waals surface area contributed by atoms with Crippen molar-refractivity contribution in [2.24, 2.45) is 0 Å². The van der Waals surface area contributed by atoms with Gasteiger partial charge in [-0.15, -0.1) is 0 Å². The zero-order chi connectivity index (χ0) is 25.8. The molecule has 3 heterocycles. The first-order valence-electron chi connectivity index (χ1n) is 13.0. The third kappa shape index (κ3) is 5.85. The van der Waals surface area contributed by atoms with Crippen molar-refractivity contribution in [2.75, 3.05) is 56.2 Å². The molecule has 2 fully saturated rings. The molecule has 0 aliphatic carbocycles. The maximum absolute atomic E-state index is 12.6. The number of amides is 1. The number of ether oxygens (including phenoxy) is 1. The molecular weight excluding hydrogens is 482 g/mol. The lowest BCUT2D eigenvalue weighted by molar-refractivity contribution is 0.0793. The minimum absolute atomic E-state index is 0.144. The summed E-state index contributed by atoms with van der Waals surface area (Å²) in [6.45, 7) is 9.65. The number of hydrogen-bond acceptors (Lipinski definition) is 7. The zero-order valence-corrected chi connectivity index (χ0v) is 22.8. The number of aryl methyl sites for hydroxylation is 1.